The van der Waals surface area contributed by atoms with Crippen LogP contribution in [0.3, 0.4) is 0 Å². The Balaban J connectivity index is 1.29. The molecule has 2 atom stereocenters. The second-order valence-corrected chi connectivity index (χ2v) is 11.4. The van der Waals surface area contributed by atoms with Gasteiger partial charge in [0.1, 0.15) is 30.0 Å². The van der Waals surface area contributed by atoms with Gasteiger partial charge in [-0.05, 0) is 11.6 Å². The normalized spacial score (nSPS) is 22.3. The number of oxime groups is 1. The van der Waals surface area contributed by atoms with E-state index in [1.54, 1.807) is 17.4 Å². The summed E-state index contributed by atoms with van der Waals surface area (Å²) < 4.78 is 3.96. The monoisotopic (exact) mass is 593 g/mol. The Morgan fingerprint density at radius 1 is 1.38 bits per heavy atom. The highest BCUT2D eigenvalue weighted by Crippen LogP contribution is 2.41. The number of nitrogens with two attached hydrogens (primary N) is 1. The van der Waals surface area contributed by atoms with E-state index in [9.17, 15) is 19.5 Å². The van der Waals surface area contributed by atoms with E-state index in [0.717, 1.165) is 22.4 Å². The fourth-order valence-corrected chi connectivity index (χ4v) is 6.72. The van der Waals surface area contributed by atoms with Gasteiger partial charge < -0.3 is 31.0 Å². The lowest BCUT2D eigenvalue weighted by molar-refractivity contribution is -0.150. The van der Waals surface area contributed by atoms with Crippen LogP contribution in [-0.2, 0) is 19.2 Å². The van der Waals surface area contributed by atoms with Crippen molar-refractivity contribution in [3.05, 3.63) is 41.4 Å². The minimum Gasteiger partial charge on any atom is -0.477 e. The van der Waals surface area contributed by atoms with Crippen LogP contribution in [0.15, 0.2) is 45.8 Å². The van der Waals surface area contributed by atoms with Crippen molar-refractivity contribution in [1.29, 1.82) is 0 Å². The smallest absolute Gasteiger partial charge is 0.352 e. The van der Waals surface area contributed by atoms with Crippen molar-refractivity contribution in [3.63, 3.8) is 0 Å². The number of thioether (sulfide) groups is 2. The third-order valence-corrected chi connectivity index (χ3v) is 8.75. The summed E-state index contributed by atoms with van der Waals surface area (Å²) in [5.74, 6) is -0.891. The molecule has 39 heavy (non-hydrogen) atoms. The average molecular weight is 594 g/mol. The summed E-state index contributed by atoms with van der Waals surface area (Å²) in [6, 6.07) is -0.969. The number of hydrazone groups is 1. The number of rotatable bonds is 9. The lowest BCUT2D eigenvalue weighted by Gasteiger charge is -2.49. The molecule has 1 aromatic rings. The van der Waals surface area contributed by atoms with Crippen molar-refractivity contribution < 1.29 is 29.4 Å². The summed E-state index contributed by atoms with van der Waals surface area (Å²) in [5, 5.41) is 32.0. The van der Waals surface area contributed by atoms with E-state index in [0.29, 0.717) is 23.5 Å². The van der Waals surface area contributed by atoms with E-state index in [2.05, 4.69) is 24.9 Å². The van der Waals surface area contributed by atoms with E-state index in [1.807, 2.05) is 11.0 Å². The topological polar surface area (TPSA) is 199 Å². The fourth-order valence-electron chi connectivity index (χ4n) is 4.27. The minimum atomic E-state index is -1.23. The molecule has 5 N–H and O–H groups in total. The van der Waals surface area contributed by atoms with Crippen molar-refractivity contribution in [2.45, 2.75) is 17.8 Å². The average Bonchev–Trinajstić information content (AvgIpc) is 3.54. The number of aromatic nitrogens is 2. The third kappa shape index (κ3) is 5.19. The Labute approximate surface area is 234 Å². The molecule has 0 spiro atoms. The van der Waals surface area contributed by atoms with E-state index in [-0.39, 0.29) is 35.5 Å². The number of fused-ring (bicyclic) bond motifs is 2. The predicted octanol–water partition coefficient (Wildman–Crippen LogP) is -0.418. The van der Waals surface area contributed by atoms with Gasteiger partial charge in [-0.1, -0.05) is 5.16 Å². The van der Waals surface area contributed by atoms with Crippen molar-refractivity contribution in [1.82, 2.24) is 29.5 Å². The maximum Gasteiger partial charge on any atom is 0.352 e. The van der Waals surface area contributed by atoms with Gasteiger partial charge in [-0.25, -0.2) is 9.80 Å². The highest BCUT2D eigenvalue weighted by molar-refractivity contribution is 8.13. The molecule has 2 amide bonds. The molecule has 206 valence electrons. The second kappa shape index (κ2) is 11.2. The number of amides is 2. The number of hydrogen-bond acceptors (Lipinski definition) is 15. The number of hydrogen-bond donors (Lipinski definition) is 4. The molecule has 1 fully saturated rings. The second-order valence-electron chi connectivity index (χ2n) is 8.30. The minimum absolute atomic E-state index is 0.0432. The maximum absolute atomic E-state index is 13.1. The van der Waals surface area contributed by atoms with Crippen LogP contribution in [0.2, 0.25) is 0 Å². The van der Waals surface area contributed by atoms with E-state index in [4.69, 9.17) is 15.7 Å². The summed E-state index contributed by atoms with van der Waals surface area (Å²) >= 11 is 3.71. The van der Waals surface area contributed by atoms with Crippen LogP contribution in [0.4, 0.5) is 5.13 Å². The Bertz CT molecular complexity index is 1360. The highest BCUT2D eigenvalue weighted by atomic mass is 32.2. The van der Waals surface area contributed by atoms with Crippen molar-refractivity contribution in [3.8, 4) is 0 Å². The molecule has 4 aliphatic rings. The molecule has 0 radical (unpaired) electrons. The van der Waals surface area contributed by atoms with Crippen molar-refractivity contribution in [2.24, 2.45) is 10.3 Å². The molecule has 18 heteroatoms. The van der Waals surface area contributed by atoms with Crippen molar-refractivity contribution in [2.75, 3.05) is 37.5 Å². The molecular formula is C21H23N9O6S3. The number of carbonyl (C=O) groups excluding carboxylic acids is 2. The van der Waals surface area contributed by atoms with Gasteiger partial charge in [-0.15, -0.1) is 23.5 Å². The number of aliphatic hydroxyl groups is 1. The number of carbonyl (C=O) groups is 3. The van der Waals surface area contributed by atoms with Gasteiger partial charge in [-0.2, -0.15) is 14.5 Å². The lowest BCUT2D eigenvalue weighted by atomic mass is 10.0. The van der Waals surface area contributed by atoms with Crippen LogP contribution >= 0.6 is 35.1 Å². The molecule has 4 aliphatic heterocycles. The molecule has 0 unspecified atom stereocenters. The van der Waals surface area contributed by atoms with Crippen LogP contribution in [-0.4, -0.2) is 106 Å². The van der Waals surface area contributed by atoms with Gasteiger partial charge in [-0.3, -0.25) is 14.5 Å². The molecule has 0 aliphatic carbocycles. The Hall–Kier alpha value is -3.61. The van der Waals surface area contributed by atoms with Gasteiger partial charge in [0.2, 0.25) is 11.5 Å². The number of allylic oxidation sites excluding steroid dienone is 1. The molecular weight excluding hydrogens is 570 g/mol. The van der Waals surface area contributed by atoms with Gasteiger partial charge in [0.15, 0.2) is 5.13 Å². The largest absolute Gasteiger partial charge is 0.477 e. The number of aliphatic hydroxyl groups excluding tert-OH is 1. The van der Waals surface area contributed by atoms with Crippen molar-refractivity contribution >= 4 is 68.7 Å². The first kappa shape index (κ1) is 27.0. The highest BCUT2D eigenvalue weighted by Gasteiger charge is 2.54. The number of nitrogen functional groups attached to an aromatic ring is 1. The maximum atomic E-state index is 13.1. The summed E-state index contributed by atoms with van der Waals surface area (Å²) in [7, 11) is 1.25. The van der Waals surface area contributed by atoms with Gasteiger partial charge in [0.25, 0.3) is 11.8 Å². The number of anilines is 1. The molecule has 5 heterocycles. The SMILES string of the molecule is CON=C(C(=O)N[C@@H]1C(=O)N2C(C(=O)O)=C(CN3C=CN4N=C(SCCO)CC=C34)CS[C@@H]12)c1nsc(N)n1. The quantitative estimate of drug-likeness (QED) is 0.164. The number of β-lactam (4-membered cyclic amide) rings is 1. The van der Waals surface area contributed by atoms with E-state index >= 15 is 0 Å². The number of aliphatic carboxylic acids is 1. The molecule has 1 aromatic heterocycles. The molecule has 15 nitrogen and oxygen atoms in total. The first-order valence-electron chi connectivity index (χ1n) is 11.5. The number of carboxylic acids is 1. The summed E-state index contributed by atoms with van der Waals surface area (Å²) in [4.78, 5) is 50.0. The van der Waals surface area contributed by atoms with Gasteiger partial charge in [0, 0.05) is 48.4 Å². The summed E-state index contributed by atoms with van der Waals surface area (Å²) in [5.41, 5.74) is 5.81. The number of carboxylic acid groups (broad SMARTS) is 1. The van der Waals surface area contributed by atoms with Crippen LogP contribution in [0.5, 0.6) is 0 Å². The summed E-state index contributed by atoms with van der Waals surface area (Å²) in [6.45, 7) is 0.310. The standard InChI is InChI=1S/C21H23N9O6S3/c1-36-26-13(16-24-21(22)39-27-16)17(32)23-14-18(33)30-15(20(34)35)10(9-38-19(14)30)8-28-4-5-29-12(28)3-2-11(25-29)37-7-6-31/h3-5,14,19,31H,2,6-9H2,1H3,(H,23,32)(H,34,35)(H2,22,24,27)/t14-,19+/m1/s1. The molecule has 0 aromatic carbocycles. The third-order valence-electron chi connectivity index (χ3n) is 5.90. The van der Waals surface area contributed by atoms with Crippen LogP contribution in [0, 0.1) is 0 Å². The van der Waals surface area contributed by atoms with Gasteiger partial charge in [0.05, 0.1) is 11.7 Å². The molecule has 5 rings (SSSR count). The summed E-state index contributed by atoms with van der Waals surface area (Å²) in [6.07, 6.45) is 6.15. The predicted molar refractivity (Wildman–Crippen MR) is 145 cm³/mol. The number of nitrogens with one attached hydrogen (secondary N) is 1. The van der Waals surface area contributed by atoms with E-state index < -0.39 is 29.2 Å². The Kier molecular flexibility index (Phi) is 7.78. The zero-order valence-electron chi connectivity index (χ0n) is 20.4. The van der Waals surface area contributed by atoms with E-state index in [1.165, 1.54) is 35.5 Å². The zero-order chi connectivity index (χ0) is 27.7. The Morgan fingerprint density at radius 3 is 2.90 bits per heavy atom. The zero-order valence-corrected chi connectivity index (χ0v) is 22.8. The first-order chi connectivity index (χ1) is 18.8. The molecule has 0 bridgehead atoms. The lowest BCUT2D eigenvalue weighted by Crippen LogP contribution is -2.71. The Morgan fingerprint density at radius 2 is 2.21 bits per heavy atom. The number of nitrogens with zero attached hydrogens (tertiary/aromatic N) is 7. The van der Waals surface area contributed by atoms with Crippen LogP contribution in [0.25, 0.3) is 0 Å². The molecule has 1 saturated heterocycles. The fraction of sp³-hybridized carbons (Fsp3) is 0.381. The van der Waals surface area contributed by atoms with Gasteiger partial charge >= 0.3 is 5.97 Å². The van der Waals surface area contributed by atoms with Crippen LogP contribution in [0.1, 0.15) is 12.2 Å². The van der Waals surface area contributed by atoms with Crippen LogP contribution < -0.4 is 11.1 Å². The first-order valence-corrected chi connectivity index (χ1v) is 14.3. The molecule has 0 saturated carbocycles.